The Morgan fingerprint density at radius 3 is 2.48 bits per heavy atom. The third-order valence-electron chi connectivity index (χ3n) is 4.16. The Morgan fingerprint density at radius 1 is 1.17 bits per heavy atom. The summed E-state index contributed by atoms with van der Waals surface area (Å²) in [5.41, 5.74) is 6.35. The average molecular weight is 407 g/mol. The van der Waals surface area contributed by atoms with Crippen molar-refractivity contribution in [3.05, 3.63) is 23.5 Å². The lowest BCUT2D eigenvalue weighted by Gasteiger charge is -2.17. The van der Waals surface area contributed by atoms with Crippen LogP contribution in [0.3, 0.4) is 0 Å². The molecule has 1 aromatic carbocycles. The number of hydrogen-bond acceptors (Lipinski definition) is 5. The Hall–Kier alpha value is -2.10. The molecule has 5 nitrogen and oxygen atoms in total. The molecule has 0 aliphatic rings. The van der Waals surface area contributed by atoms with Gasteiger partial charge in [-0.3, -0.25) is 4.79 Å². The Morgan fingerprint density at radius 2 is 1.83 bits per heavy atom. The summed E-state index contributed by atoms with van der Waals surface area (Å²) in [5.74, 6) is 5.58. The molecule has 0 aliphatic carbocycles. The number of nitrogens with one attached hydrogen (secondary N) is 1. The number of nitrogen functional groups attached to an aromatic ring is 1. The van der Waals surface area contributed by atoms with Gasteiger partial charge in [0.15, 0.2) is 5.78 Å². The number of anilines is 2. The molecule has 1 aromatic rings. The molecule has 0 spiro atoms. The first-order valence-corrected chi connectivity index (χ1v) is 10.3. The minimum atomic E-state index is -0.549. The van der Waals surface area contributed by atoms with Crippen molar-refractivity contribution in [1.29, 1.82) is 0 Å². The van der Waals surface area contributed by atoms with Crippen molar-refractivity contribution in [2.24, 2.45) is 5.41 Å². The van der Waals surface area contributed by atoms with Gasteiger partial charge in [-0.15, -0.1) is 0 Å². The van der Waals surface area contributed by atoms with Crippen molar-refractivity contribution >= 4 is 17.2 Å². The molecule has 0 atom stereocenters. The summed E-state index contributed by atoms with van der Waals surface area (Å²) < 4.78 is 24.9. The molecule has 6 heteroatoms. The highest BCUT2D eigenvalue weighted by Gasteiger charge is 2.15. The van der Waals surface area contributed by atoms with Gasteiger partial charge in [-0.05, 0) is 32.8 Å². The van der Waals surface area contributed by atoms with Gasteiger partial charge in [-0.25, -0.2) is 4.39 Å². The molecule has 0 amide bonds. The first kappa shape index (κ1) is 24.9. The van der Waals surface area contributed by atoms with Crippen LogP contribution in [0.15, 0.2) is 12.1 Å². The third kappa shape index (κ3) is 10.3. The predicted octanol–water partition coefficient (Wildman–Crippen LogP) is 4.40. The quantitative estimate of drug-likeness (QED) is 0.289. The molecular formula is C23H35FN2O3. The standard InChI is InChI=1S/C23H35FN2O3/c1-5-7-11-28-16-19(27)15-26-22-14-20(24)21(25)13-18(22)9-10-23(3,4)17-29-12-8-6-2/h13-14,26H,5-8,11-12,15-17,25H2,1-4H3. The SMILES string of the molecule is CCCCOCC(=O)CNc1cc(F)c(N)cc1C#CC(C)(C)COCCCC. The maximum atomic E-state index is 13.9. The lowest BCUT2D eigenvalue weighted by molar-refractivity contribution is -0.121. The van der Waals surface area contributed by atoms with Gasteiger partial charge in [0, 0.05) is 30.3 Å². The maximum absolute atomic E-state index is 13.9. The fourth-order valence-electron chi connectivity index (χ4n) is 2.36. The van der Waals surface area contributed by atoms with Crippen LogP contribution in [-0.2, 0) is 14.3 Å². The summed E-state index contributed by atoms with van der Waals surface area (Å²) >= 11 is 0. The molecule has 0 aliphatic heterocycles. The number of carbonyl (C=O) groups excluding carboxylic acids is 1. The fraction of sp³-hybridized carbons (Fsp3) is 0.609. The molecule has 1 rings (SSSR count). The van der Waals surface area contributed by atoms with E-state index >= 15 is 0 Å². The number of carbonyl (C=O) groups is 1. The summed E-state index contributed by atoms with van der Waals surface area (Å²) in [7, 11) is 0. The van der Waals surface area contributed by atoms with Crippen molar-refractivity contribution in [3.8, 4) is 11.8 Å². The molecule has 0 heterocycles. The summed E-state index contributed by atoms with van der Waals surface area (Å²) in [5, 5.41) is 2.96. The minimum Gasteiger partial charge on any atom is -0.396 e. The zero-order valence-corrected chi connectivity index (χ0v) is 18.2. The summed E-state index contributed by atoms with van der Waals surface area (Å²) in [6, 6.07) is 2.76. The van der Waals surface area contributed by atoms with E-state index in [0.717, 1.165) is 25.7 Å². The smallest absolute Gasteiger partial charge is 0.177 e. The van der Waals surface area contributed by atoms with Crippen molar-refractivity contribution < 1.29 is 18.7 Å². The van der Waals surface area contributed by atoms with Gasteiger partial charge >= 0.3 is 0 Å². The van der Waals surface area contributed by atoms with Gasteiger partial charge in [0.05, 0.1) is 24.5 Å². The second kappa shape index (κ2) is 13.2. The molecule has 162 valence electrons. The summed E-state index contributed by atoms with van der Waals surface area (Å²) in [4.78, 5) is 12.0. The van der Waals surface area contributed by atoms with E-state index in [9.17, 15) is 9.18 Å². The first-order valence-electron chi connectivity index (χ1n) is 10.3. The van der Waals surface area contributed by atoms with Crippen LogP contribution in [0, 0.1) is 23.1 Å². The first-order chi connectivity index (χ1) is 13.8. The molecule has 0 radical (unpaired) electrons. The summed E-state index contributed by atoms with van der Waals surface area (Å²) in [6.07, 6.45) is 4.03. The van der Waals surface area contributed by atoms with E-state index < -0.39 is 5.82 Å². The number of nitrogens with two attached hydrogens (primary N) is 1. The molecule has 0 saturated heterocycles. The van der Waals surface area contributed by atoms with Crippen LogP contribution in [0.1, 0.15) is 58.9 Å². The molecular weight excluding hydrogens is 371 g/mol. The van der Waals surface area contributed by atoms with E-state index in [1.807, 2.05) is 13.8 Å². The molecule has 0 fully saturated rings. The number of ether oxygens (including phenoxy) is 2. The Kier molecular flexibility index (Phi) is 11.3. The lowest BCUT2D eigenvalue weighted by Crippen LogP contribution is -2.20. The zero-order chi connectivity index (χ0) is 21.7. The van der Waals surface area contributed by atoms with E-state index in [2.05, 4.69) is 31.0 Å². The highest BCUT2D eigenvalue weighted by Crippen LogP contribution is 2.23. The van der Waals surface area contributed by atoms with Crippen molar-refractivity contribution in [3.63, 3.8) is 0 Å². The van der Waals surface area contributed by atoms with Crippen LogP contribution in [0.2, 0.25) is 0 Å². The van der Waals surface area contributed by atoms with E-state index in [4.69, 9.17) is 15.2 Å². The van der Waals surface area contributed by atoms with E-state index in [0.29, 0.717) is 31.1 Å². The third-order valence-corrected chi connectivity index (χ3v) is 4.16. The number of Topliss-reactive ketones (excluding diaryl/α,β-unsaturated/α-hetero) is 1. The monoisotopic (exact) mass is 406 g/mol. The van der Waals surface area contributed by atoms with Crippen molar-refractivity contribution in [2.75, 3.05) is 44.0 Å². The van der Waals surface area contributed by atoms with Gasteiger partial charge in [0.2, 0.25) is 0 Å². The average Bonchev–Trinajstić information content (AvgIpc) is 2.68. The normalized spacial score (nSPS) is 11.1. The topological polar surface area (TPSA) is 73.6 Å². The maximum Gasteiger partial charge on any atom is 0.177 e. The van der Waals surface area contributed by atoms with Crippen LogP contribution in [0.4, 0.5) is 15.8 Å². The van der Waals surface area contributed by atoms with Crippen molar-refractivity contribution in [1.82, 2.24) is 0 Å². The van der Waals surface area contributed by atoms with Gasteiger partial charge in [0.25, 0.3) is 0 Å². The number of hydrogen-bond donors (Lipinski definition) is 2. The van der Waals surface area contributed by atoms with Gasteiger partial charge in [0.1, 0.15) is 12.4 Å². The summed E-state index contributed by atoms with van der Waals surface area (Å²) in [6.45, 7) is 10.00. The van der Waals surface area contributed by atoms with E-state index in [-0.39, 0.29) is 30.0 Å². The lowest BCUT2D eigenvalue weighted by atomic mass is 9.95. The van der Waals surface area contributed by atoms with Crippen LogP contribution in [0.5, 0.6) is 0 Å². The zero-order valence-electron chi connectivity index (χ0n) is 18.2. The second-order valence-electron chi connectivity index (χ2n) is 7.76. The van der Waals surface area contributed by atoms with Crippen LogP contribution >= 0.6 is 0 Å². The molecule has 3 N–H and O–H groups in total. The minimum absolute atomic E-state index is 0.0195. The second-order valence-corrected chi connectivity index (χ2v) is 7.76. The Balaban J connectivity index is 2.78. The Labute approximate surface area is 174 Å². The molecule has 0 aromatic heterocycles. The number of ketones is 1. The van der Waals surface area contributed by atoms with Gasteiger partial charge in [-0.1, -0.05) is 38.5 Å². The number of benzene rings is 1. The number of rotatable bonds is 13. The van der Waals surface area contributed by atoms with E-state index in [1.54, 1.807) is 0 Å². The van der Waals surface area contributed by atoms with Crippen LogP contribution in [0.25, 0.3) is 0 Å². The van der Waals surface area contributed by atoms with Gasteiger partial charge < -0.3 is 20.5 Å². The van der Waals surface area contributed by atoms with Crippen LogP contribution in [-0.4, -0.2) is 38.8 Å². The van der Waals surface area contributed by atoms with Gasteiger partial charge in [-0.2, -0.15) is 0 Å². The van der Waals surface area contributed by atoms with Crippen molar-refractivity contribution in [2.45, 2.75) is 53.4 Å². The Bertz CT molecular complexity index is 708. The largest absolute Gasteiger partial charge is 0.396 e. The van der Waals surface area contributed by atoms with E-state index in [1.165, 1.54) is 12.1 Å². The molecule has 0 bridgehead atoms. The molecule has 0 saturated carbocycles. The highest BCUT2D eigenvalue weighted by atomic mass is 19.1. The molecule has 0 unspecified atom stereocenters. The highest BCUT2D eigenvalue weighted by molar-refractivity contribution is 5.84. The predicted molar refractivity (Wildman–Crippen MR) is 116 cm³/mol. The molecule has 29 heavy (non-hydrogen) atoms. The fourth-order valence-corrected chi connectivity index (χ4v) is 2.36. The number of halogens is 1. The number of unbranched alkanes of at least 4 members (excludes halogenated alkanes) is 2. The van der Waals surface area contributed by atoms with Crippen LogP contribution < -0.4 is 11.1 Å².